The van der Waals surface area contributed by atoms with E-state index in [2.05, 4.69) is 23.8 Å². The molecule has 2 rings (SSSR count). The molecule has 1 aromatic heterocycles. The second kappa shape index (κ2) is 5.22. The largest absolute Gasteiger partial charge is 0.384 e. The third-order valence-electron chi connectivity index (χ3n) is 3.60. The lowest BCUT2D eigenvalue weighted by Gasteiger charge is -2.28. The fourth-order valence-corrected chi connectivity index (χ4v) is 2.64. The van der Waals surface area contributed by atoms with Crippen LogP contribution in [0, 0.1) is 0 Å². The van der Waals surface area contributed by atoms with E-state index in [0.29, 0.717) is 18.3 Å². The smallest absolute Gasteiger partial charge is 0.162 e. The Balaban J connectivity index is 2.41. The quantitative estimate of drug-likeness (QED) is 0.891. The molecule has 1 saturated carbocycles. The highest BCUT2D eigenvalue weighted by Crippen LogP contribution is 2.41. The molecule has 0 aromatic carbocycles. The van der Waals surface area contributed by atoms with Gasteiger partial charge in [0, 0.05) is 18.4 Å². The average molecular weight is 249 g/mol. The van der Waals surface area contributed by atoms with Crippen molar-refractivity contribution >= 4 is 5.82 Å². The molecule has 0 aliphatic heterocycles. The summed E-state index contributed by atoms with van der Waals surface area (Å²) in [5.41, 5.74) is 6.62. The van der Waals surface area contributed by atoms with Crippen molar-refractivity contribution in [3.63, 3.8) is 0 Å². The molecule has 2 N–H and O–H groups in total. The van der Waals surface area contributed by atoms with Crippen molar-refractivity contribution in [3.8, 4) is 0 Å². The number of ether oxygens (including phenoxy) is 1. The molecular weight excluding hydrogens is 226 g/mol. The molecule has 0 radical (unpaired) electrons. The molecule has 4 nitrogen and oxygen atoms in total. The number of rotatable bonds is 4. The van der Waals surface area contributed by atoms with E-state index in [0.717, 1.165) is 24.4 Å². The van der Waals surface area contributed by atoms with Gasteiger partial charge in [0.05, 0.1) is 0 Å². The van der Waals surface area contributed by atoms with Crippen LogP contribution in [-0.4, -0.2) is 16.6 Å². The Bertz CT molecular complexity index is 412. The van der Waals surface area contributed by atoms with Gasteiger partial charge >= 0.3 is 0 Å². The zero-order chi connectivity index (χ0) is 13.2. The van der Waals surface area contributed by atoms with Crippen LogP contribution in [0.4, 0.5) is 5.82 Å². The lowest BCUT2D eigenvalue weighted by Crippen LogP contribution is -2.29. The lowest BCUT2D eigenvalue weighted by atomic mass is 10.00. The molecule has 0 bridgehead atoms. The Kier molecular flexibility index (Phi) is 3.85. The molecule has 0 amide bonds. The Morgan fingerprint density at radius 1 is 1.33 bits per heavy atom. The maximum Gasteiger partial charge on any atom is 0.162 e. The molecule has 0 unspecified atom stereocenters. The van der Waals surface area contributed by atoms with E-state index in [1.54, 1.807) is 0 Å². The summed E-state index contributed by atoms with van der Waals surface area (Å²) >= 11 is 0. The first kappa shape index (κ1) is 13.3. The lowest BCUT2D eigenvalue weighted by molar-refractivity contribution is -0.0457. The molecule has 0 spiro atoms. The van der Waals surface area contributed by atoms with E-state index in [-0.39, 0.29) is 5.60 Å². The van der Waals surface area contributed by atoms with Crippen molar-refractivity contribution in [2.24, 2.45) is 0 Å². The van der Waals surface area contributed by atoms with Crippen LogP contribution in [0.3, 0.4) is 0 Å². The zero-order valence-corrected chi connectivity index (χ0v) is 11.6. The van der Waals surface area contributed by atoms with Gasteiger partial charge in [-0.3, -0.25) is 0 Å². The average Bonchev–Trinajstić information content (AvgIpc) is 2.78. The van der Waals surface area contributed by atoms with E-state index < -0.39 is 0 Å². The SMILES string of the molecule is CCOC1(c2nc(N)cc(C(C)C)n2)CCCC1. The van der Waals surface area contributed by atoms with Crippen LogP contribution < -0.4 is 5.73 Å². The molecule has 1 aliphatic carbocycles. The van der Waals surface area contributed by atoms with Gasteiger partial charge in [0.1, 0.15) is 11.4 Å². The second-order valence-electron chi connectivity index (χ2n) is 5.33. The van der Waals surface area contributed by atoms with Crippen LogP contribution in [0.5, 0.6) is 0 Å². The standard InChI is InChI=1S/C14H23N3O/c1-4-18-14(7-5-6-8-14)13-16-11(10(2)3)9-12(15)17-13/h9-10H,4-8H2,1-3H3,(H2,15,16,17). The number of anilines is 1. The number of nitrogen functional groups attached to an aromatic ring is 1. The van der Waals surface area contributed by atoms with Gasteiger partial charge < -0.3 is 10.5 Å². The van der Waals surface area contributed by atoms with Crippen LogP contribution >= 0.6 is 0 Å². The second-order valence-corrected chi connectivity index (χ2v) is 5.33. The molecule has 1 heterocycles. The van der Waals surface area contributed by atoms with Crippen LogP contribution in [0.25, 0.3) is 0 Å². The van der Waals surface area contributed by atoms with E-state index in [4.69, 9.17) is 10.5 Å². The highest BCUT2D eigenvalue weighted by Gasteiger charge is 2.39. The summed E-state index contributed by atoms with van der Waals surface area (Å²) in [5, 5.41) is 0. The van der Waals surface area contributed by atoms with Gasteiger partial charge in [-0.25, -0.2) is 9.97 Å². The number of nitrogens with zero attached hydrogens (tertiary/aromatic N) is 2. The fourth-order valence-electron chi connectivity index (χ4n) is 2.64. The first-order chi connectivity index (χ1) is 8.57. The Labute approximate surface area is 109 Å². The maximum atomic E-state index is 5.99. The van der Waals surface area contributed by atoms with Crippen molar-refractivity contribution in [2.75, 3.05) is 12.3 Å². The van der Waals surface area contributed by atoms with Crippen molar-refractivity contribution < 1.29 is 4.74 Å². The number of nitrogens with two attached hydrogens (primary N) is 1. The summed E-state index contributed by atoms with van der Waals surface area (Å²) in [4.78, 5) is 9.12. The van der Waals surface area contributed by atoms with Crippen molar-refractivity contribution in [1.29, 1.82) is 0 Å². The minimum absolute atomic E-state index is 0.298. The first-order valence-electron chi connectivity index (χ1n) is 6.86. The third-order valence-corrected chi connectivity index (χ3v) is 3.60. The van der Waals surface area contributed by atoms with Gasteiger partial charge in [-0.1, -0.05) is 13.8 Å². The van der Waals surface area contributed by atoms with Gasteiger partial charge in [-0.15, -0.1) is 0 Å². The van der Waals surface area contributed by atoms with E-state index in [9.17, 15) is 0 Å². The first-order valence-corrected chi connectivity index (χ1v) is 6.86. The minimum Gasteiger partial charge on any atom is -0.384 e. The molecule has 0 saturated heterocycles. The fraction of sp³-hybridized carbons (Fsp3) is 0.714. The highest BCUT2D eigenvalue weighted by molar-refractivity contribution is 5.32. The topological polar surface area (TPSA) is 61.0 Å². The summed E-state index contributed by atoms with van der Waals surface area (Å²) in [6.45, 7) is 6.95. The van der Waals surface area contributed by atoms with Crippen LogP contribution in [0.15, 0.2) is 6.07 Å². The number of aromatic nitrogens is 2. The van der Waals surface area contributed by atoms with Crippen LogP contribution in [0.1, 0.15) is 63.9 Å². The van der Waals surface area contributed by atoms with Crippen molar-refractivity contribution in [3.05, 3.63) is 17.6 Å². The Morgan fingerprint density at radius 3 is 2.56 bits per heavy atom. The molecular formula is C14H23N3O. The molecule has 1 aromatic rings. The third kappa shape index (κ3) is 2.48. The van der Waals surface area contributed by atoms with Crippen LogP contribution in [-0.2, 0) is 10.3 Å². The Morgan fingerprint density at radius 2 is 2.00 bits per heavy atom. The summed E-state index contributed by atoms with van der Waals surface area (Å²) in [5.74, 6) is 1.69. The summed E-state index contributed by atoms with van der Waals surface area (Å²) in [6, 6.07) is 1.86. The van der Waals surface area contributed by atoms with E-state index in [1.807, 2.05) is 13.0 Å². The molecule has 1 fully saturated rings. The van der Waals surface area contributed by atoms with Gasteiger partial charge in [0.25, 0.3) is 0 Å². The minimum atomic E-state index is -0.298. The van der Waals surface area contributed by atoms with E-state index >= 15 is 0 Å². The number of hydrogen-bond donors (Lipinski definition) is 1. The molecule has 1 aliphatic rings. The monoisotopic (exact) mass is 249 g/mol. The summed E-state index contributed by atoms with van der Waals surface area (Å²) < 4.78 is 5.99. The normalized spacial score (nSPS) is 18.4. The predicted molar refractivity (Wildman–Crippen MR) is 72.3 cm³/mol. The van der Waals surface area contributed by atoms with Crippen LogP contribution in [0.2, 0.25) is 0 Å². The van der Waals surface area contributed by atoms with Gasteiger partial charge in [-0.05, 0) is 38.5 Å². The van der Waals surface area contributed by atoms with E-state index in [1.165, 1.54) is 12.8 Å². The summed E-state index contributed by atoms with van der Waals surface area (Å²) in [6.07, 6.45) is 4.36. The molecule has 0 atom stereocenters. The number of hydrogen-bond acceptors (Lipinski definition) is 4. The summed E-state index contributed by atoms with van der Waals surface area (Å²) in [7, 11) is 0. The maximum absolute atomic E-state index is 5.99. The predicted octanol–water partition coefficient (Wildman–Crippen LogP) is 2.99. The zero-order valence-electron chi connectivity index (χ0n) is 11.6. The molecule has 4 heteroatoms. The highest BCUT2D eigenvalue weighted by atomic mass is 16.5. The molecule has 100 valence electrons. The van der Waals surface area contributed by atoms with Crippen molar-refractivity contribution in [1.82, 2.24) is 9.97 Å². The van der Waals surface area contributed by atoms with Crippen molar-refractivity contribution in [2.45, 2.75) is 58.0 Å². The van der Waals surface area contributed by atoms with Gasteiger partial charge in [-0.2, -0.15) is 0 Å². The Hall–Kier alpha value is -1.16. The van der Waals surface area contributed by atoms with Gasteiger partial charge in [0.2, 0.25) is 0 Å². The van der Waals surface area contributed by atoms with Gasteiger partial charge in [0.15, 0.2) is 5.82 Å². The molecule has 18 heavy (non-hydrogen) atoms.